The predicted molar refractivity (Wildman–Crippen MR) is 103 cm³/mol. The molecule has 2 aromatic carbocycles. The molecule has 0 bridgehead atoms. The van der Waals surface area contributed by atoms with Crippen LogP contribution in [0, 0.1) is 0 Å². The highest BCUT2D eigenvalue weighted by atomic mass is 32.1. The summed E-state index contributed by atoms with van der Waals surface area (Å²) in [4.78, 5) is 16.4. The fourth-order valence-corrected chi connectivity index (χ4v) is 3.38. The number of aromatic nitrogens is 1. The van der Waals surface area contributed by atoms with E-state index >= 15 is 0 Å². The Kier molecular flexibility index (Phi) is 6.38. The first-order valence-corrected chi connectivity index (χ1v) is 9.52. The number of carbonyl (C=O) groups excluding carboxylic acids is 1. The Labute approximate surface area is 168 Å². The minimum Gasteiger partial charge on any atom is -0.508 e. The molecule has 1 heterocycles. The van der Waals surface area contributed by atoms with E-state index in [0.29, 0.717) is 29.2 Å². The molecule has 0 saturated carbocycles. The Balaban J connectivity index is 1.50. The Bertz CT molecular complexity index is 954. The molecule has 0 aliphatic carbocycles. The first-order chi connectivity index (χ1) is 13.8. The molecule has 3 rings (SSSR count). The SMILES string of the molecule is O=C(Cc1csc(-c2ccc(OC(F)(F)F)cc2)n1)NCCc1ccc(O)cc1. The number of phenolic OH excluding ortho intramolecular Hbond substituents is 1. The summed E-state index contributed by atoms with van der Waals surface area (Å²) in [5, 5.41) is 14.4. The van der Waals surface area contributed by atoms with Crippen molar-refractivity contribution in [3.63, 3.8) is 0 Å². The molecule has 0 aliphatic rings. The first kappa shape index (κ1) is 20.7. The minimum atomic E-state index is -4.73. The van der Waals surface area contributed by atoms with Gasteiger partial charge in [-0.15, -0.1) is 24.5 Å². The van der Waals surface area contributed by atoms with Crippen LogP contribution in [0.5, 0.6) is 11.5 Å². The summed E-state index contributed by atoms with van der Waals surface area (Å²) in [7, 11) is 0. The van der Waals surface area contributed by atoms with Gasteiger partial charge in [0.15, 0.2) is 0 Å². The van der Waals surface area contributed by atoms with Crippen LogP contribution < -0.4 is 10.1 Å². The molecule has 29 heavy (non-hydrogen) atoms. The van der Waals surface area contributed by atoms with Crippen molar-refractivity contribution in [1.29, 1.82) is 0 Å². The van der Waals surface area contributed by atoms with Crippen molar-refractivity contribution in [2.75, 3.05) is 6.54 Å². The Morgan fingerprint density at radius 1 is 1.10 bits per heavy atom. The Morgan fingerprint density at radius 2 is 1.79 bits per heavy atom. The quantitative estimate of drug-likeness (QED) is 0.595. The van der Waals surface area contributed by atoms with Crippen LogP contribution >= 0.6 is 11.3 Å². The number of ether oxygens (including phenoxy) is 1. The molecular weight excluding hydrogens is 405 g/mol. The molecule has 3 aromatic rings. The van der Waals surface area contributed by atoms with Gasteiger partial charge in [-0.1, -0.05) is 12.1 Å². The van der Waals surface area contributed by atoms with E-state index in [1.165, 1.54) is 35.6 Å². The molecule has 152 valence electrons. The van der Waals surface area contributed by atoms with Gasteiger partial charge in [-0.2, -0.15) is 0 Å². The van der Waals surface area contributed by atoms with E-state index in [9.17, 15) is 23.1 Å². The van der Waals surface area contributed by atoms with Crippen molar-refractivity contribution in [1.82, 2.24) is 10.3 Å². The smallest absolute Gasteiger partial charge is 0.508 e. The van der Waals surface area contributed by atoms with Crippen LogP contribution in [0.1, 0.15) is 11.3 Å². The number of alkyl halides is 3. The van der Waals surface area contributed by atoms with Crippen molar-refractivity contribution < 1.29 is 27.8 Å². The fraction of sp³-hybridized carbons (Fsp3) is 0.200. The van der Waals surface area contributed by atoms with Crippen LogP contribution in [0.2, 0.25) is 0 Å². The van der Waals surface area contributed by atoms with Gasteiger partial charge < -0.3 is 15.2 Å². The molecule has 0 spiro atoms. The number of benzene rings is 2. The third-order valence-corrected chi connectivity index (χ3v) is 4.84. The lowest BCUT2D eigenvalue weighted by Crippen LogP contribution is -2.27. The normalized spacial score (nSPS) is 11.3. The number of rotatable bonds is 7. The zero-order chi connectivity index (χ0) is 20.9. The second-order valence-electron chi connectivity index (χ2n) is 6.16. The average Bonchev–Trinajstić information content (AvgIpc) is 3.11. The number of nitrogens with zero attached hydrogens (tertiary/aromatic N) is 1. The molecule has 1 aromatic heterocycles. The zero-order valence-corrected chi connectivity index (χ0v) is 15.9. The summed E-state index contributed by atoms with van der Waals surface area (Å²) >= 11 is 1.31. The minimum absolute atomic E-state index is 0.112. The zero-order valence-electron chi connectivity index (χ0n) is 15.1. The van der Waals surface area contributed by atoms with Crippen molar-refractivity contribution in [2.45, 2.75) is 19.2 Å². The summed E-state index contributed by atoms with van der Waals surface area (Å²) in [6.45, 7) is 0.460. The summed E-state index contributed by atoms with van der Waals surface area (Å²) in [6.07, 6.45) is -3.98. The van der Waals surface area contributed by atoms with Gasteiger partial charge in [0.05, 0.1) is 12.1 Å². The van der Waals surface area contributed by atoms with Crippen LogP contribution in [0.15, 0.2) is 53.9 Å². The van der Waals surface area contributed by atoms with E-state index in [-0.39, 0.29) is 23.8 Å². The van der Waals surface area contributed by atoms with Gasteiger partial charge >= 0.3 is 6.36 Å². The van der Waals surface area contributed by atoms with Crippen molar-refractivity contribution in [2.24, 2.45) is 0 Å². The monoisotopic (exact) mass is 422 g/mol. The molecule has 9 heteroatoms. The van der Waals surface area contributed by atoms with Crippen molar-refractivity contribution in [3.8, 4) is 22.1 Å². The second kappa shape index (κ2) is 8.95. The summed E-state index contributed by atoms with van der Waals surface area (Å²) < 4.78 is 40.5. The van der Waals surface area contributed by atoms with E-state index in [2.05, 4.69) is 15.0 Å². The standard InChI is InChI=1S/C20H17F3N2O3S/c21-20(22,23)28-17-7-3-14(4-8-17)19-25-15(12-29-19)11-18(27)24-10-9-13-1-5-16(26)6-2-13/h1-8,12,26H,9-11H2,(H,24,27). The molecule has 0 saturated heterocycles. The highest BCUT2D eigenvalue weighted by Gasteiger charge is 2.31. The number of hydrogen-bond acceptors (Lipinski definition) is 5. The number of aromatic hydroxyl groups is 1. The number of nitrogens with one attached hydrogen (secondary N) is 1. The number of amides is 1. The number of hydrogen-bond donors (Lipinski definition) is 2. The van der Waals surface area contributed by atoms with Gasteiger partial charge in [-0.3, -0.25) is 4.79 Å². The van der Waals surface area contributed by atoms with Gasteiger partial charge in [0.2, 0.25) is 5.91 Å². The van der Waals surface area contributed by atoms with Crippen LogP contribution in [-0.2, 0) is 17.6 Å². The Hall–Kier alpha value is -3.07. The fourth-order valence-electron chi connectivity index (χ4n) is 2.56. The molecule has 0 unspecified atom stereocenters. The third-order valence-electron chi connectivity index (χ3n) is 3.90. The van der Waals surface area contributed by atoms with Crippen molar-refractivity contribution >= 4 is 17.2 Å². The predicted octanol–water partition coefficient (Wildman–Crippen LogP) is 4.32. The van der Waals surface area contributed by atoms with Gasteiger partial charge in [-0.05, 0) is 48.4 Å². The molecule has 0 atom stereocenters. The molecule has 0 aliphatic heterocycles. The lowest BCUT2D eigenvalue weighted by atomic mass is 10.1. The van der Waals surface area contributed by atoms with E-state index in [4.69, 9.17) is 0 Å². The Morgan fingerprint density at radius 3 is 2.45 bits per heavy atom. The van der Waals surface area contributed by atoms with E-state index < -0.39 is 6.36 Å². The van der Waals surface area contributed by atoms with E-state index in [0.717, 1.165) is 5.56 Å². The summed E-state index contributed by atoms with van der Waals surface area (Å²) in [6, 6.07) is 12.2. The number of carbonyl (C=O) groups is 1. The molecule has 2 N–H and O–H groups in total. The lowest BCUT2D eigenvalue weighted by Gasteiger charge is -2.08. The van der Waals surface area contributed by atoms with Crippen LogP contribution in [0.25, 0.3) is 10.6 Å². The van der Waals surface area contributed by atoms with Gasteiger partial charge in [0, 0.05) is 17.5 Å². The molecule has 0 fully saturated rings. The number of phenols is 1. The third kappa shape index (κ3) is 6.49. The van der Waals surface area contributed by atoms with E-state index in [1.807, 2.05) is 0 Å². The maximum absolute atomic E-state index is 12.2. The topological polar surface area (TPSA) is 71.5 Å². The number of thiazole rings is 1. The largest absolute Gasteiger partial charge is 0.573 e. The van der Waals surface area contributed by atoms with Gasteiger partial charge in [0.1, 0.15) is 16.5 Å². The highest BCUT2D eigenvalue weighted by molar-refractivity contribution is 7.13. The summed E-state index contributed by atoms with van der Waals surface area (Å²) in [5.74, 6) is -0.278. The van der Waals surface area contributed by atoms with E-state index in [1.54, 1.807) is 29.6 Å². The maximum atomic E-state index is 12.2. The molecule has 0 radical (unpaired) electrons. The van der Waals surface area contributed by atoms with Crippen molar-refractivity contribution in [3.05, 3.63) is 65.2 Å². The molecular formula is C20H17F3N2O3S. The van der Waals surface area contributed by atoms with Crippen LogP contribution in [0.4, 0.5) is 13.2 Å². The summed E-state index contributed by atoms with van der Waals surface area (Å²) in [5.41, 5.74) is 2.23. The first-order valence-electron chi connectivity index (χ1n) is 8.64. The maximum Gasteiger partial charge on any atom is 0.573 e. The number of halogens is 3. The van der Waals surface area contributed by atoms with Gasteiger partial charge in [0.25, 0.3) is 0 Å². The molecule has 1 amide bonds. The second-order valence-corrected chi connectivity index (χ2v) is 7.02. The highest BCUT2D eigenvalue weighted by Crippen LogP contribution is 2.28. The van der Waals surface area contributed by atoms with Crippen LogP contribution in [0.3, 0.4) is 0 Å². The average molecular weight is 422 g/mol. The lowest BCUT2D eigenvalue weighted by molar-refractivity contribution is -0.274. The van der Waals surface area contributed by atoms with Crippen LogP contribution in [-0.4, -0.2) is 28.9 Å². The van der Waals surface area contributed by atoms with Gasteiger partial charge in [-0.25, -0.2) is 4.98 Å². The molecule has 5 nitrogen and oxygen atoms in total.